The highest BCUT2D eigenvalue weighted by Gasteiger charge is 2.08. The first kappa shape index (κ1) is 10.2. The van der Waals surface area contributed by atoms with Crippen molar-refractivity contribution >= 4 is 17.4 Å². The van der Waals surface area contributed by atoms with Crippen LogP contribution in [0.2, 0.25) is 0 Å². The fourth-order valence-electron chi connectivity index (χ4n) is 1.20. The third-order valence-corrected chi connectivity index (χ3v) is 2.01. The summed E-state index contributed by atoms with van der Waals surface area (Å²) in [5.74, 6) is -0.457. The smallest absolute Gasteiger partial charge is 0.256 e. The number of aromatic amines is 1. The minimum Gasteiger partial charge on any atom is -0.396 e. The Hall–Kier alpha value is -2.37. The number of halogens is 1. The van der Waals surface area contributed by atoms with Crippen LogP contribution in [0.4, 0.5) is 15.9 Å². The number of amides is 1. The van der Waals surface area contributed by atoms with E-state index in [9.17, 15) is 9.18 Å². The van der Waals surface area contributed by atoms with Gasteiger partial charge in [-0.05, 0) is 18.2 Å². The van der Waals surface area contributed by atoms with Gasteiger partial charge in [0, 0.05) is 11.6 Å². The molecule has 0 saturated heterocycles. The van der Waals surface area contributed by atoms with Gasteiger partial charge in [-0.25, -0.2) is 4.39 Å². The van der Waals surface area contributed by atoms with Crippen LogP contribution in [0.5, 0.6) is 0 Å². The Balaban J connectivity index is 2.18. The number of carbonyl (C=O) groups excluding carboxylic acids is 1. The maximum absolute atomic E-state index is 12.9. The molecule has 1 amide bonds. The van der Waals surface area contributed by atoms with Gasteiger partial charge in [0.25, 0.3) is 5.91 Å². The SMILES string of the molecule is Nc1cc(C(=O)Nc2ccn[nH]2)ccc1F. The van der Waals surface area contributed by atoms with Gasteiger partial charge < -0.3 is 11.1 Å². The van der Waals surface area contributed by atoms with Gasteiger partial charge in [0.15, 0.2) is 0 Å². The third-order valence-electron chi connectivity index (χ3n) is 2.01. The second kappa shape index (κ2) is 4.01. The molecule has 16 heavy (non-hydrogen) atoms. The standard InChI is InChI=1S/C10H9FN4O/c11-7-2-1-6(5-8(7)12)10(16)14-9-3-4-13-15-9/h1-5H,12H2,(H2,13,14,15,16). The fraction of sp³-hybridized carbons (Fsp3) is 0. The monoisotopic (exact) mass is 220 g/mol. The Labute approximate surface area is 90.5 Å². The van der Waals surface area contributed by atoms with Gasteiger partial charge in [-0.2, -0.15) is 5.10 Å². The van der Waals surface area contributed by atoms with Crippen molar-refractivity contribution in [1.29, 1.82) is 0 Å². The summed E-state index contributed by atoms with van der Waals surface area (Å²) < 4.78 is 12.9. The summed E-state index contributed by atoms with van der Waals surface area (Å²) in [6.07, 6.45) is 1.51. The molecule has 82 valence electrons. The first-order valence-electron chi connectivity index (χ1n) is 4.52. The number of rotatable bonds is 2. The van der Waals surface area contributed by atoms with Crippen LogP contribution in [0.25, 0.3) is 0 Å². The highest BCUT2D eigenvalue weighted by molar-refractivity contribution is 6.04. The van der Waals surface area contributed by atoms with Gasteiger partial charge in [0.2, 0.25) is 0 Å². The van der Waals surface area contributed by atoms with E-state index < -0.39 is 5.82 Å². The predicted octanol–water partition coefficient (Wildman–Crippen LogP) is 1.38. The van der Waals surface area contributed by atoms with Crippen molar-refractivity contribution in [2.75, 3.05) is 11.1 Å². The van der Waals surface area contributed by atoms with Crippen molar-refractivity contribution in [3.05, 3.63) is 41.8 Å². The molecule has 1 aromatic heterocycles. The summed E-state index contributed by atoms with van der Waals surface area (Å²) in [5.41, 5.74) is 5.58. The lowest BCUT2D eigenvalue weighted by molar-refractivity contribution is 0.102. The lowest BCUT2D eigenvalue weighted by Crippen LogP contribution is -2.12. The minimum absolute atomic E-state index is 0.0581. The molecule has 0 saturated carbocycles. The Morgan fingerprint density at radius 1 is 1.44 bits per heavy atom. The van der Waals surface area contributed by atoms with Crippen molar-refractivity contribution in [3.63, 3.8) is 0 Å². The molecule has 0 spiro atoms. The maximum atomic E-state index is 12.9. The van der Waals surface area contributed by atoms with E-state index in [1.54, 1.807) is 6.07 Å². The average molecular weight is 220 g/mol. The molecule has 5 nitrogen and oxygen atoms in total. The van der Waals surface area contributed by atoms with Crippen LogP contribution in [0.1, 0.15) is 10.4 Å². The Morgan fingerprint density at radius 2 is 2.25 bits per heavy atom. The second-order valence-electron chi connectivity index (χ2n) is 3.16. The molecule has 0 aliphatic carbocycles. The predicted molar refractivity (Wildman–Crippen MR) is 57.4 cm³/mol. The summed E-state index contributed by atoms with van der Waals surface area (Å²) in [5, 5.41) is 8.80. The second-order valence-corrected chi connectivity index (χ2v) is 3.16. The summed E-state index contributed by atoms with van der Waals surface area (Å²) in [6, 6.07) is 5.39. The first-order chi connectivity index (χ1) is 7.66. The Kier molecular flexibility index (Phi) is 2.55. The van der Waals surface area contributed by atoms with Crippen LogP contribution in [0.3, 0.4) is 0 Å². The number of aromatic nitrogens is 2. The zero-order valence-corrected chi connectivity index (χ0v) is 8.20. The quantitative estimate of drug-likeness (QED) is 0.668. The lowest BCUT2D eigenvalue weighted by Gasteiger charge is -2.03. The average Bonchev–Trinajstić information content (AvgIpc) is 2.74. The van der Waals surface area contributed by atoms with Gasteiger partial charge in [0.05, 0.1) is 11.9 Å². The third kappa shape index (κ3) is 2.00. The van der Waals surface area contributed by atoms with Crippen molar-refractivity contribution in [3.8, 4) is 0 Å². The van der Waals surface area contributed by atoms with Crippen molar-refractivity contribution in [2.24, 2.45) is 0 Å². The molecule has 0 radical (unpaired) electrons. The minimum atomic E-state index is -0.543. The highest BCUT2D eigenvalue weighted by Crippen LogP contribution is 2.13. The van der Waals surface area contributed by atoms with Gasteiger partial charge in [-0.3, -0.25) is 9.89 Å². The molecule has 1 heterocycles. The van der Waals surface area contributed by atoms with E-state index >= 15 is 0 Å². The molecule has 0 unspecified atom stereocenters. The van der Waals surface area contributed by atoms with E-state index in [1.807, 2.05) is 0 Å². The normalized spacial score (nSPS) is 10.1. The van der Waals surface area contributed by atoms with E-state index in [2.05, 4.69) is 15.5 Å². The van der Waals surface area contributed by atoms with Gasteiger partial charge in [-0.1, -0.05) is 0 Å². The molecular weight excluding hydrogens is 211 g/mol. The number of H-pyrrole nitrogens is 1. The largest absolute Gasteiger partial charge is 0.396 e. The van der Waals surface area contributed by atoms with Crippen molar-refractivity contribution < 1.29 is 9.18 Å². The number of nitrogens with two attached hydrogens (primary N) is 1. The molecule has 0 aliphatic heterocycles. The number of anilines is 2. The van der Waals surface area contributed by atoms with E-state index in [4.69, 9.17) is 5.73 Å². The molecule has 0 aliphatic rings. The van der Waals surface area contributed by atoms with Gasteiger partial charge in [0.1, 0.15) is 11.6 Å². The molecule has 0 bridgehead atoms. The summed E-state index contributed by atoms with van der Waals surface area (Å²) >= 11 is 0. The van der Waals surface area contributed by atoms with E-state index in [0.29, 0.717) is 5.82 Å². The number of carbonyl (C=O) groups is 1. The van der Waals surface area contributed by atoms with Gasteiger partial charge >= 0.3 is 0 Å². The van der Waals surface area contributed by atoms with Crippen LogP contribution >= 0.6 is 0 Å². The molecule has 4 N–H and O–H groups in total. The molecule has 2 rings (SSSR count). The van der Waals surface area contributed by atoms with Gasteiger partial charge in [-0.15, -0.1) is 0 Å². The van der Waals surface area contributed by atoms with E-state index in [0.717, 1.165) is 6.07 Å². The van der Waals surface area contributed by atoms with Crippen LogP contribution < -0.4 is 11.1 Å². The molecule has 2 aromatic rings. The number of nitrogens with one attached hydrogen (secondary N) is 2. The van der Waals surface area contributed by atoms with Crippen LogP contribution in [0, 0.1) is 5.82 Å². The zero-order chi connectivity index (χ0) is 11.5. The Morgan fingerprint density at radius 3 is 2.88 bits per heavy atom. The summed E-state index contributed by atoms with van der Waals surface area (Å²) in [4.78, 5) is 11.6. The first-order valence-corrected chi connectivity index (χ1v) is 4.52. The number of nitrogens with zero attached hydrogens (tertiary/aromatic N) is 1. The van der Waals surface area contributed by atoms with Crippen molar-refractivity contribution in [1.82, 2.24) is 10.2 Å². The zero-order valence-electron chi connectivity index (χ0n) is 8.20. The fourth-order valence-corrected chi connectivity index (χ4v) is 1.20. The van der Waals surface area contributed by atoms with Crippen LogP contribution in [-0.2, 0) is 0 Å². The lowest BCUT2D eigenvalue weighted by atomic mass is 10.2. The molecule has 0 fully saturated rings. The molecule has 1 aromatic carbocycles. The number of hydrogen-bond acceptors (Lipinski definition) is 3. The summed E-state index contributed by atoms with van der Waals surface area (Å²) in [7, 11) is 0. The van der Waals surface area contributed by atoms with E-state index in [1.165, 1.54) is 18.3 Å². The topological polar surface area (TPSA) is 83.8 Å². The van der Waals surface area contributed by atoms with E-state index in [-0.39, 0.29) is 17.2 Å². The highest BCUT2D eigenvalue weighted by atomic mass is 19.1. The number of hydrogen-bond donors (Lipinski definition) is 3. The molecular formula is C10H9FN4O. The molecule has 0 atom stereocenters. The maximum Gasteiger partial charge on any atom is 0.256 e. The Bertz CT molecular complexity index is 510. The van der Waals surface area contributed by atoms with Crippen LogP contribution in [-0.4, -0.2) is 16.1 Å². The summed E-state index contributed by atoms with van der Waals surface area (Å²) in [6.45, 7) is 0. The number of benzene rings is 1. The number of nitrogen functional groups attached to an aromatic ring is 1. The van der Waals surface area contributed by atoms with Crippen LogP contribution in [0.15, 0.2) is 30.5 Å². The van der Waals surface area contributed by atoms with Crippen molar-refractivity contribution in [2.45, 2.75) is 0 Å². The molecule has 6 heteroatoms.